The maximum atomic E-state index is 11.3. The maximum absolute atomic E-state index is 11.3. The molecule has 4 heteroatoms. The van der Waals surface area contributed by atoms with Crippen LogP contribution in [0.3, 0.4) is 0 Å². The maximum Gasteiger partial charge on any atom is 0.221 e. The van der Waals surface area contributed by atoms with Crippen LogP contribution in [0.15, 0.2) is 24.3 Å². The number of rotatable bonds is 5. The fourth-order valence-corrected chi connectivity index (χ4v) is 3.02. The number of benzene rings is 1. The zero-order chi connectivity index (χ0) is 15.3. The zero-order valence-corrected chi connectivity index (χ0v) is 13.1. The molecule has 1 amide bonds. The third kappa shape index (κ3) is 4.05. The molecule has 0 unspecified atom stereocenters. The van der Waals surface area contributed by atoms with Crippen LogP contribution >= 0.6 is 0 Å². The zero-order valence-electron chi connectivity index (χ0n) is 13.1. The van der Waals surface area contributed by atoms with Gasteiger partial charge in [0, 0.05) is 25.8 Å². The number of anilines is 1. The van der Waals surface area contributed by atoms with Gasteiger partial charge in [-0.15, -0.1) is 0 Å². The molecule has 4 nitrogen and oxygen atoms in total. The highest BCUT2D eigenvalue weighted by Crippen LogP contribution is 2.34. The number of nitrogens with one attached hydrogen (secondary N) is 1. The summed E-state index contributed by atoms with van der Waals surface area (Å²) in [5, 5.41) is 12.5. The van der Waals surface area contributed by atoms with Crippen molar-refractivity contribution in [3.8, 4) is 0 Å². The number of piperidine rings is 1. The molecular weight excluding hydrogens is 264 g/mol. The van der Waals surface area contributed by atoms with Gasteiger partial charge in [-0.25, -0.2) is 0 Å². The van der Waals surface area contributed by atoms with Crippen LogP contribution in [0.1, 0.15) is 38.7 Å². The standard InChI is InChI=1S/C17H26N2O2/c1-3-17(13-20)8-10-19(11-9-17)12-15-6-4-5-7-16(15)18-14(2)21/h4-7,20H,3,8-13H2,1-2H3,(H,18,21). The van der Waals surface area contributed by atoms with E-state index in [9.17, 15) is 9.90 Å². The summed E-state index contributed by atoms with van der Waals surface area (Å²) in [5.41, 5.74) is 2.17. The summed E-state index contributed by atoms with van der Waals surface area (Å²) in [4.78, 5) is 13.7. The lowest BCUT2D eigenvalue weighted by Gasteiger charge is -2.40. The molecule has 2 rings (SSSR count). The molecule has 116 valence electrons. The molecule has 0 aliphatic carbocycles. The van der Waals surface area contributed by atoms with Crippen LogP contribution in [0.5, 0.6) is 0 Å². The number of nitrogens with zero attached hydrogens (tertiary/aromatic N) is 1. The Kier molecular flexibility index (Phi) is 5.37. The summed E-state index contributed by atoms with van der Waals surface area (Å²) in [6, 6.07) is 7.97. The fraction of sp³-hybridized carbons (Fsp3) is 0.588. The van der Waals surface area contributed by atoms with Gasteiger partial charge in [-0.3, -0.25) is 9.69 Å². The van der Waals surface area contributed by atoms with Crippen molar-refractivity contribution in [3.63, 3.8) is 0 Å². The summed E-state index contributed by atoms with van der Waals surface area (Å²) in [7, 11) is 0. The van der Waals surface area contributed by atoms with Crippen LogP contribution in [-0.4, -0.2) is 35.6 Å². The minimum atomic E-state index is -0.0358. The summed E-state index contributed by atoms with van der Waals surface area (Å²) < 4.78 is 0. The lowest BCUT2D eigenvalue weighted by molar-refractivity contribution is -0.114. The van der Waals surface area contributed by atoms with Gasteiger partial charge < -0.3 is 10.4 Å². The van der Waals surface area contributed by atoms with Crippen molar-refractivity contribution in [2.45, 2.75) is 39.7 Å². The van der Waals surface area contributed by atoms with Gasteiger partial charge in [-0.05, 0) is 49.4 Å². The van der Waals surface area contributed by atoms with E-state index in [-0.39, 0.29) is 11.3 Å². The topological polar surface area (TPSA) is 52.6 Å². The van der Waals surface area contributed by atoms with Crippen LogP contribution in [-0.2, 0) is 11.3 Å². The molecule has 2 N–H and O–H groups in total. The SMILES string of the molecule is CCC1(CO)CCN(Cc2ccccc2NC(C)=O)CC1. The Morgan fingerprint density at radius 3 is 2.57 bits per heavy atom. The smallest absolute Gasteiger partial charge is 0.221 e. The van der Waals surface area contributed by atoms with Crippen molar-refractivity contribution < 1.29 is 9.90 Å². The van der Waals surface area contributed by atoms with Gasteiger partial charge in [0.05, 0.1) is 0 Å². The first-order chi connectivity index (χ1) is 10.1. The van der Waals surface area contributed by atoms with Crippen LogP contribution in [0.2, 0.25) is 0 Å². The average molecular weight is 290 g/mol. The van der Waals surface area contributed by atoms with E-state index >= 15 is 0 Å². The molecule has 1 aliphatic rings. The Labute approximate surface area is 127 Å². The Morgan fingerprint density at radius 1 is 1.33 bits per heavy atom. The van der Waals surface area contributed by atoms with Gasteiger partial charge in [-0.2, -0.15) is 0 Å². The second-order valence-electron chi connectivity index (χ2n) is 6.13. The number of amides is 1. The largest absolute Gasteiger partial charge is 0.396 e. The Morgan fingerprint density at radius 2 is 2.00 bits per heavy atom. The number of aliphatic hydroxyl groups excluding tert-OH is 1. The monoisotopic (exact) mass is 290 g/mol. The highest BCUT2D eigenvalue weighted by Gasteiger charge is 2.32. The van der Waals surface area contributed by atoms with E-state index in [1.54, 1.807) is 0 Å². The molecular formula is C17H26N2O2. The molecule has 0 atom stereocenters. The van der Waals surface area contributed by atoms with Gasteiger partial charge in [0.2, 0.25) is 5.91 Å². The second kappa shape index (κ2) is 7.05. The number of likely N-dealkylation sites (tertiary alicyclic amines) is 1. The number of carbonyl (C=O) groups is 1. The first kappa shape index (κ1) is 16.0. The molecule has 1 aliphatic heterocycles. The first-order valence-electron chi connectivity index (χ1n) is 7.77. The van der Waals surface area contributed by atoms with Crippen molar-refractivity contribution in [1.82, 2.24) is 4.90 Å². The van der Waals surface area contributed by atoms with E-state index < -0.39 is 0 Å². The van der Waals surface area contributed by atoms with Crippen LogP contribution < -0.4 is 5.32 Å². The minimum Gasteiger partial charge on any atom is -0.396 e. The van der Waals surface area contributed by atoms with Crippen LogP contribution in [0.25, 0.3) is 0 Å². The van der Waals surface area contributed by atoms with Gasteiger partial charge in [0.15, 0.2) is 0 Å². The average Bonchev–Trinajstić information content (AvgIpc) is 2.50. The number of hydrogen-bond donors (Lipinski definition) is 2. The molecule has 1 saturated heterocycles. The van der Waals surface area contributed by atoms with Crippen molar-refractivity contribution in [1.29, 1.82) is 0 Å². The van der Waals surface area contributed by atoms with E-state index in [1.165, 1.54) is 6.92 Å². The minimum absolute atomic E-state index is 0.0358. The number of para-hydroxylation sites is 1. The van der Waals surface area contributed by atoms with E-state index in [2.05, 4.69) is 23.2 Å². The number of carbonyl (C=O) groups excluding carboxylic acids is 1. The lowest BCUT2D eigenvalue weighted by Crippen LogP contribution is -2.41. The highest BCUT2D eigenvalue weighted by atomic mass is 16.3. The summed E-state index contributed by atoms with van der Waals surface area (Å²) >= 11 is 0. The van der Waals surface area contributed by atoms with Gasteiger partial charge in [0.25, 0.3) is 0 Å². The first-order valence-corrected chi connectivity index (χ1v) is 7.77. The molecule has 0 radical (unpaired) electrons. The van der Waals surface area contributed by atoms with Crippen LogP contribution in [0, 0.1) is 5.41 Å². The molecule has 1 aromatic carbocycles. The number of aliphatic hydroxyl groups is 1. The predicted octanol–water partition coefficient (Wildman–Crippen LogP) is 2.63. The molecule has 1 heterocycles. The van der Waals surface area contributed by atoms with E-state index in [4.69, 9.17) is 0 Å². The summed E-state index contributed by atoms with van der Waals surface area (Å²) in [6.45, 7) is 6.85. The van der Waals surface area contributed by atoms with E-state index in [0.29, 0.717) is 6.61 Å². The normalized spacial score (nSPS) is 18.4. The Bertz CT molecular complexity index is 473. The van der Waals surface area contributed by atoms with Crippen molar-refractivity contribution >= 4 is 11.6 Å². The van der Waals surface area contributed by atoms with Crippen molar-refractivity contribution in [2.75, 3.05) is 25.0 Å². The molecule has 0 bridgehead atoms. The third-order valence-electron chi connectivity index (χ3n) is 4.72. The Hall–Kier alpha value is -1.39. The second-order valence-corrected chi connectivity index (χ2v) is 6.13. The Balaban J connectivity index is 1.99. The highest BCUT2D eigenvalue weighted by molar-refractivity contribution is 5.89. The lowest BCUT2D eigenvalue weighted by atomic mass is 9.77. The van der Waals surface area contributed by atoms with E-state index in [1.807, 2.05) is 18.2 Å². The van der Waals surface area contributed by atoms with Gasteiger partial charge >= 0.3 is 0 Å². The molecule has 1 aromatic rings. The van der Waals surface area contributed by atoms with E-state index in [0.717, 1.165) is 50.1 Å². The van der Waals surface area contributed by atoms with Crippen LogP contribution in [0.4, 0.5) is 5.69 Å². The fourth-order valence-electron chi connectivity index (χ4n) is 3.02. The third-order valence-corrected chi connectivity index (χ3v) is 4.72. The molecule has 0 saturated carbocycles. The van der Waals surface area contributed by atoms with Gasteiger partial charge in [-0.1, -0.05) is 25.1 Å². The molecule has 0 spiro atoms. The van der Waals surface area contributed by atoms with Crippen molar-refractivity contribution in [2.24, 2.45) is 5.41 Å². The molecule has 21 heavy (non-hydrogen) atoms. The van der Waals surface area contributed by atoms with Crippen molar-refractivity contribution in [3.05, 3.63) is 29.8 Å². The predicted molar refractivity (Wildman–Crippen MR) is 85.1 cm³/mol. The van der Waals surface area contributed by atoms with Gasteiger partial charge in [0.1, 0.15) is 0 Å². The summed E-state index contributed by atoms with van der Waals surface area (Å²) in [6.07, 6.45) is 3.13. The summed E-state index contributed by atoms with van der Waals surface area (Å²) in [5.74, 6) is -0.0358. The molecule has 1 fully saturated rings. The molecule has 0 aromatic heterocycles. The number of hydrogen-bond acceptors (Lipinski definition) is 3. The quantitative estimate of drug-likeness (QED) is 0.876.